The SMILES string of the molecule is Cc1ccc(OCCn2cc(C(=O)C(F)(F)F)nn2)cc1. The summed E-state index contributed by atoms with van der Waals surface area (Å²) in [5, 5.41) is 6.67. The molecule has 0 fully saturated rings. The summed E-state index contributed by atoms with van der Waals surface area (Å²) in [4.78, 5) is 10.9. The molecule has 0 aliphatic rings. The number of benzene rings is 1. The van der Waals surface area contributed by atoms with Gasteiger partial charge < -0.3 is 4.74 Å². The number of nitrogens with zero attached hydrogens (tertiary/aromatic N) is 3. The Labute approximate surface area is 118 Å². The van der Waals surface area contributed by atoms with Crippen molar-refractivity contribution in [2.75, 3.05) is 6.61 Å². The Morgan fingerprint density at radius 1 is 1.29 bits per heavy atom. The van der Waals surface area contributed by atoms with Crippen molar-refractivity contribution in [3.8, 4) is 5.75 Å². The molecule has 21 heavy (non-hydrogen) atoms. The second-order valence-corrected chi connectivity index (χ2v) is 4.36. The molecular formula is C13H12F3N3O2. The van der Waals surface area contributed by atoms with Crippen LogP contribution in [-0.2, 0) is 6.54 Å². The third kappa shape index (κ3) is 4.04. The van der Waals surface area contributed by atoms with Gasteiger partial charge in [0.15, 0.2) is 5.69 Å². The fourth-order valence-electron chi connectivity index (χ4n) is 1.55. The van der Waals surface area contributed by atoms with Crippen LogP contribution in [0.4, 0.5) is 13.2 Å². The molecule has 1 aromatic heterocycles. The molecule has 0 aliphatic heterocycles. The van der Waals surface area contributed by atoms with Gasteiger partial charge in [-0.05, 0) is 19.1 Å². The van der Waals surface area contributed by atoms with E-state index < -0.39 is 17.7 Å². The average Bonchev–Trinajstić information content (AvgIpc) is 2.88. The lowest BCUT2D eigenvalue weighted by atomic mass is 10.2. The Hall–Kier alpha value is -2.38. The smallest absolute Gasteiger partial charge is 0.456 e. The highest BCUT2D eigenvalue weighted by molar-refractivity contribution is 5.98. The number of carbonyl (C=O) groups is 1. The minimum Gasteiger partial charge on any atom is -0.492 e. The third-order valence-electron chi connectivity index (χ3n) is 2.64. The normalized spacial score (nSPS) is 11.4. The molecular weight excluding hydrogens is 287 g/mol. The molecule has 0 saturated carbocycles. The number of aryl methyl sites for hydroxylation is 1. The van der Waals surface area contributed by atoms with Gasteiger partial charge in [0.2, 0.25) is 0 Å². The molecule has 0 atom stereocenters. The van der Waals surface area contributed by atoms with Gasteiger partial charge in [-0.3, -0.25) is 4.79 Å². The summed E-state index contributed by atoms with van der Waals surface area (Å²) in [6, 6.07) is 7.33. The number of alkyl halides is 3. The summed E-state index contributed by atoms with van der Waals surface area (Å²) in [6.45, 7) is 2.33. The Balaban J connectivity index is 1.88. The monoisotopic (exact) mass is 299 g/mol. The van der Waals surface area contributed by atoms with Crippen LogP contribution in [0, 0.1) is 6.92 Å². The van der Waals surface area contributed by atoms with Gasteiger partial charge in [-0.1, -0.05) is 22.9 Å². The van der Waals surface area contributed by atoms with Crippen molar-refractivity contribution in [3.63, 3.8) is 0 Å². The molecule has 1 aromatic carbocycles. The van der Waals surface area contributed by atoms with Crippen molar-refractivity contribution in [1.82, 2.24) is 15.0 Å². The summed E-state index contributed by atoms with van der Waals surface area (Å²) in [6.07, 6.45) is -3.99. The van der Waals surface area contributed by atoms with E-state index in [1.54, 1.807) is 12.1 Å². The summed E-state index contributed by atoms with van der Waals surface area (Å²) in [5.74, 6) is -1.36. The van der Waals surface area contributed by atoms with Gasteiger partial charge in [-0.2, -0.15) is 13.2 Å². The average molecular weight is 299 g/mol. The Kier molecular flexibility index (Phi) is 4.25. The van der Waals surface area contributed by atoms with E-state index in [0.29, 0.717) is 5.75 Å². The molecule has 8 heteroatoms. The Bertz CT molecular complexity index is 620. The van der Waals surface area contributed by atoms with Crippen molar-refractivity contribution in [2.24, 2.45) is 0 Å². The first kappa shape index (κ1) is 15.0. The first-order valence-corrected chi connectivity index (χ1v) is 6.07. The van der Waals surface area contributed by atoms with Crippen molar-refractivity contribution in [3.05, 3.63) is 41.7 Å². The maximum absolute atomic E-state index is 12.2. The number of hydrogen-bond acceptors (Lipinski definition) is 4. The molecule has 0 bridgehead atoms. The quantitative estimate of drug-likeness (QED) is 0.796. The summed E-state index contributed by atoms with van der Waals surface area (Å²) in [7, 11) is 0. The standard InChI is InChI=1S/C13H12F3N3O2/c1-9-2-4-10(5-3-9)21-7-6-19-8-11(17-18-19)12(20)13(14,15)16/h2-5,8H,6-7H2,1H3. The van der Waals surface area contributed by atoms with Gasteiger partial charge in [-0.15, -0.1) is 5.10 Å². The van der Waals surface area contributed by atoms with Crippen LogP contribution < -0.4 is 4.74 Å². The zero-order valence-corrected chi connectivity index (χ0v) is 11.1. The van der Waals surface area contributed by atoms with E-state index >= 15 is 0 Å². The van der Waals surface area contributed by atoms with Crippen LogP contribution in [0.2, 0.25) is 0 Å². The van der Waals surface area contributed by atoms with E-state index in [1.165, 1.54) is 0 Å². The number of aromatic nitrogens is 3. The van der Waals surface area contributed by atoms with E-state index in [2.05, 4.69) is 10.3 Å². The molecule has 2 rings (SSSR count). The highest BCUT2D eigenvalue weighted by Crippen LogP contribution is 2.19. The van der Waals surface area contributed by atoms with Crippen molar-refractivity contribution < 1.29 is 22.7 Å². The van der Waals surface area contributed by atoms with Gasteiger partial charge in [0.05, 0.1) is 12.7 Å². The lowest BCUT2D eigenvalue weighted by molar-refractivity contribution is -0.0888. The topological polar surface area (TPSA) is 57.0 Å². The molecule has 5 nitrogen and oxygen atoms in total. The fraction of sp³-hybridized carbons (Fsp3) is 0.308. The van der Waals surface area contributed by atoms with E-state index in [9.17, 15) is 18.0 Å². The number of rotatable bonds is 5. The number of Topliss-reactive ketones (excluding diaryl/α,β-unsaturated/α-hetero) is 1. The van der Waals surface area contributed by atoms with E-state index in [4.69, 9.17) is 4.74 Å². The van der Waals surface area contributed by atoms with E-state index in [-0.39, 0.29) is 13.2 Å². The van der Waals surface area contributed by atoms with Crippen molar-refractivity contribution >= 4 is 5.78 Å². The Morgan fingerprint density at radius 2 is 1.95 bits per heavy atom. The van der Waals surface area contributed by atoms with Gasteiger partial charge in [0, 0.05) is 0 Å². The predicted octanol–water partition coefficient (Wildman–Crippen LogP) is 2.41. The number of carbonyl (C=O) groups excluding carboxylic acids is 1. The molecule has 0 unspecified atom stereocenters. The number of halogens is 3. The minimum absolute atomic E-state index is 0.187. The largest absolute Gasteiger partial charge is 0.492 e. The summed E-state index contributed by atoms with van der Waals surface area (Å²) in [5.41, 5.74) is 0.367. The van der Waals surface area contributed by atoms with Crippen LogP contribution in [0.15, 0.2) is 30.5 Å². The third-order valence-corrected chi connectivity index (χ3v) is 2.64. The molecule has 0 amide bonds. The predicted molar refractivity (Wildman–Crippen MR) is 67.1 cm³/mol. The van der Waals surface area contributed by atoms with Crippen molar-refractivity contribution in [2.45, 2.75) is 19.6 Å². The van der Waals surface area contributed by atoms with E-state index in [0.717, 1.165) is 16.4 Å². The Morgan fingerprint density at radius 3 is 2.57 bits per heavy atom. The van der Waals surface area contributed by atoms with Crippen LogP contribution in [0.25, 0.3) is 0 Å². The molecule has 0 radical (unpaired) electrons. The fourth-order valence-corrected chi connectivity index (χ4v) is 1.55. The van der Waals surface area contributed by atoms with Crippen LogP contribution in [0.1, 0.15) is 16.1 Å². The molecule has 0 saturated heterocycles. The van der Waals surface area contributed by atoms with Crippen molar-refractivity contribution in [1.29, 1.82) is 0 Å². The highest BCUT2D eigenvalue weighted by atomic mass is 19.4. The summed E-state index contributed by atoms with van der Waals surface area (Å²) < 4.78 is 43.1. The molecule has 2 aromatic rings. The molecule has 0 N–H and O–H groups in total. The van der Waals surface area contributed by atoms with Gasteiger partial charge in [0.25, 0.3) is 5.78 Å². The highest BCUT2D eigenvalue weighted by Gasteiger charge is 2.41. The molecule has 0 spiro atoms. The summed E-state index contributed by atoms with van der Waals surface area (Å²) >= 11 is 0. The van der Waals surface area contributed by atoms with Crippen LogP contribution in [0.5, 0.6) is 5.75 Å². The maximum atomic E-state index is 12.2. The molecule has 112 valence electrons. The van der Waals surface area contributed by atoms with Gasteiger partial charge in [-0.25, -0.2) is 4.68 Å². The second-order valence-electron chi connectivity index (χ2n) is 4.36. The maximum Gasteiger partial charge on any atom is 0.456 e. The number of hydrogen-bond donors (Lipinski definition) is 0. The van der Waals surface area contributed by atoms with E-state index in [1.807, 2.05) is 19.1 Å². The molecule has 0 aliphatic carbocycles. The first-order chi connectivity index (χ1) is 9.86. The van der Waals surface area contributed by atoms with Crippen LogP contribution >= 0.6 is 0 Å². The zero-order chi connectivity index (χ0) is 15.5. The lowest BCUT2D eigenvalue weighted by Gasteiger charge is -2.05. The zero-order valence-electron chi connectivity index (χ0n) is 11.1. The molecule has 1 heterocycles. The number of ketones is 1. The van der Waals surface area contributed by atoms with Crippen LogP contribution in [-0.4, -0.2) is 33.6 Å². The van der Waals surface area contributed by atoms with Gasteiger partial charge in [0.1, 0.15) is 12.4 Å². The lowest BCUT2D eigenvalue weighted by Crippen LogP contribution is -2.23. The first-order valence-electron chi connectivity index (χ1n) is 6.07. The number of ether oxygens (including phenoxy) is 1. The van der Waals surface area contributed by atoms with Crippen LogP contribution in [0.3, 0.4) is 0 Å². The minimum atomic E-state index is -4.95. The van der Waals surface area contributed by atoms with Gasteiger partial charge >= 0.3 is 6.18 Å². The second kappa shape index (κ2) is 5.94.